The lowest BCUT2D eigenvalue weighted by Crippen LogP contribution is -2.70. The highest BCUT2D eigenvalue weighted by molar-refractivity contribution is 5.82. The van der Waals surface area contributed by atoms with Gasteiger partial charge in [0.15, 0.2) is 12.6 Å². The van der Waals surface area contributed by atoms with Crippen LogP contribution in [0.25, 0.3) is 0 Å². The smallest absolute Gasteiger partial charge is 0.250 e. The summed E-state index contributed by atoms with van der Waals surface area (Å²) in [6.07, 6.45) is -11.1. The van der Waals surface area contributed by atoms with E-state index < -0.39 is 110 Å². The highest BCUT2D eigenvalue weighted by Crippen LogP contribution is 2.32. The number of hydrogen-bond acceptors (Lipinski definition) is 17. The first-order valence-corrected chi connectivity index (χ1v) is 14.9. The molecule has 0 bridgehead atoms. The maximum absolute atomic E-state index is 12.9. The third-order valence-corrected chi connectivity index (χ3v) is 8.49. The van der Waals surface area contributed by atoms with Gasteiger partial charge in [0, 0.05) is 6.04 Å². The first-order valence-electron chi connectivity index (χ1n) is 14.9. The Kier molecular flexibility index (Phi) is 13.8. The van der Waals surface area contributed by atoms with Crippen molar-refractivity contribution < 1.29 is 59.5 Å². The largest absolute Gasteiger partial charge is 0.394 e. The third-order valence-electron chi connectivity index (χ3n) is 8.49. The molecule has 19 heteroatoms. The number of rotatable bonds is 13. The van der Waals surface area contributed by atoms with Crippen LogP contribution in [0.2, 0.25) is 0 Å². The molecule has 45 heavy (non-hydrogen) atoms. The summed E-state index contributed by atoms with van der Waals surface area (Å²) >= 11 is 0. The lowest BCUT2D eigenvalue weighted by molar-refractivity contribution is -0.307. The Morgan fingerprint density at radius 2 is 1.76 bits per heavy atom. The van der Waals surface area contributed by atoms with Crippen molar-refractivity contribution in [2.24, 2.45) is 27.9 Å². The molecule has 3 rings (SSSR count). The summed E-state index contributed by atoms with van der Waals surface area (Å²) in [4.78, 5) is 17.0. The monoisotopic (exact) mass is 653 g/mol. The van der Waals surface area contributed by atoms with Gasteiger partial charge >= 0.3 is 0 Å². The van der Waals surface area contributed by atoms with Gasteiger partial charge in [-0.2, -0.15) is 0 Å². The molecule has 0 spiro atoms. The van der Waals surface area contributed by atoms with Crippen LogP contribution < -0.4 is 33.6 Å². The first-order chi connectivity index (χ1) is 21.1. The number of nitrogens with two attached hydrogens (primary N) is 4. The Hall–Kier alpha value is -1.66. The molecule has 3 aliphatic rings. The van der Waals surface area contributed by atoms with E-state index in [1.165, 1.54) is 14.0 Å². The number of amides is 1. The second-order valence-electron chi connectivity index (χ2n) is 12.1. The fourth-order valence-corrected chi connectivity index (χ4v) is 5.80. The number of aliphatic hydroxyl groups excluding tert-OH is 6. The standard InChI is InChI=1S/C26H51N7O12/c1-26(41)9-42-25(19(39)22(26)31-2)45-21-13(33-23(40)17(37)16(30)14(36)7-34)5-12(28)20(18(21)38)44-24-11(27)4-3-10(43-24)6-32-15(29)8-35/h10-14,16-22,24-25,31,34-39,41H,3-9,27-28,30H2,1-2H3,(H2,29,32)(H,33,40)/t10-,11+,12-,13+,14-,16-,17-,18-,19+,20+,21-,22+,24+,25+,26-/m0/s1. The van der Waals surface area contributed by atoms with Gasteiger partial charge in [-0.3, -0.25) is 9.79 Å². The Labute approximate surface area is 260 Å². The molecule has 19 nitrogen and oxygen atoms in total. The van der Waals surface area contributed by atoms with Crippen molar-refractivity contribution in [2.75, 3.05) is 33.4 Å². The molecule has 0 unspecified atom stereocenters. The van der Waals surface area contributed by atoms with Gasteiger partial charge < -0.3 is 88.3 Å². The topological polar surface area (TPSA) is 336 Å². The summed E-state index contributed by atoms with van der Waals surface area (Å²) < 4.78 is 23.7. The third kappa shape index (κ3) is 9.24. The van der Waals surface area contributed by atoms with Crippen molar-refractivity contribution >= 4 is 11.7 Å². The van der Waals surface area contributed by atoms with Gasteiger partial charge in [-0.15, -0.1) is 0 Å². The van der Waals surface area contributed by atoms with Crippen molar-refractivity contribution in [1.82, 2.24) is 10.6 Å². The lowest BCUT2D eigenvalue weighted by atomic mass is 9.83. The maximum Gasteiger partial charge on any atom is 0.250 e. The lowest BCUT2D eigenvalue weighted by Gasteiger charge is -2.49. The fourth-order valence-electron chi connectivity index (χ4n) is 5.80. The normalized spacial score (nSPS) is 41.7. The van der Waals surface area contributed by atoms with Crippen molar-refractivity contribution in [3.63, 3.8) is 0 Å². The zero-order valence-electron chi connectivity index (χ0n) is 25.5. The Morgan fingerprint density at radius 1 is 1.09 bits per heavy atom. The van der Waals surface area contributed by atoms with Crippen LogP contribution in [0.5, 0.6) is 0 Å². The van der Waals surface area contributed by atoms with E-state index in [9.17, 15) is 30.3 Å². The number of aliphatic imine (C=N–C) groups is 1. The van der Waals surface area contributed by atoms with Gasteiger partial charge in [0.1, 0.15) is 48.6 Å². The van der Waals surface area contributed by atoms with E-state index >= 15 is 0 Å². The summed E-state index contributed by atoms with van der Waals surface area (Å²) in [5.74, 6) is -1.01. The van der Waals surface area contributed by atoms with Crippen LogP contribution in [-0.2, 0) is 23.7 Å². The highest BCUT2D eigenvalue weighted by atomic mass is 16.7. The van der Waals surface area contributed by atoms with Crippen LogP contribution in [0.3, 0.4) is 0 Å². The minimum absolute atomic E-state index is 0.0369. The van der Waals surface area contributed by atoms with Crippen LogP contribution in [0.4, 0.5) is 0 Å². The predicted octanol–water partition coefficient (Wildman–Crippen LogP) is -7.39. The molecule has 2 saturated heterocycles. The molecule has 2 aliphatic heterocycles. The summed E-state index contributed by atoms with van der Waals surface area (Å²) in [7, 11) is 1.53. The van der Waals surface area contributed by atoms with Crippen molar-refractivity contribution in [3.8, 4) is 0 Å². The summed E-state index contributed by atoms with van der Waals surface area (Å²) in [5.41, 5.74) is 22.5. The molecule has 17 N–H and O–H groups in total. The van der Waals surface area contributed by atoms with Crippen molar-refractivity contribution in [1.29, 1.82) is 0 Å². The number of carbonyl (C=O) groups excluding carboxylic acids is 1. The van der Waals surface area contributed by atoms with Crippen molar-refractivity contribution in [3.05, 3.63) is 0 Å². The van der Waals surface area contributed by atoms with Crippen LogP contribution in [0.1, 0.15) is 26.2 Å². The van der Waals surface area contributed by atoms with Crippen LogP contribution in [0, 0.1) is 0 Å². The van der Waals surface area contributed by atoms with E-state index in [1.54, 1.807) is 0 Å². The molecular formula is C26H51N7O12. The molecule has 2 heterocycles. The molecule has 1 saturated carbocycles. The molecule has 1 aliphatic carbocycles. The Balaban J connectivity index is 1.83. The summed E-state index contributed by atoms with van der Waals surface area (Å²) in [6, 6.07) is -5.09. The number of likely N-dealkylation sites (N-methyl/N-ethyl adjacent to an activating group) is 1. The molecule has 0 aromatic rings. The number of ether oxygens (including phenoxy) is 4. The average molecular weight is 654 g/mol. The molecule has 0 radical (unpaired) electrons. The van der Waals surface area contributed by atoms with Gasteiger partial charge in [-0.1, -0.05) is 0 Å². The van der Waals surface area contributed by atoms with E-state index in [2.05, 4.69) is 15.6 Å². The Morgan fingerprint density at radius 3 is 2.38 bits per heavy atom. The number of amidine groups is 1. The molecule has 262 valence electrons. The van der Waals surface area contributed by atoms with Gasteiger partial charge in [-0.05, 0) is 33.2 Å². The molecular weight excluding hydrogens is 602 g/mol. The fraction of sp³-hybridized carbons (Fsp3) is 0.923. The van der Waals surface area contributed by atoms with E-state index in [0.29, 0.717) is 12.8 Å². The zero-order valence-corrected chi connectivity index (χ0v) is 25.5. The Bertz CT molecular complexity index is 983. The number of nitrogens with zero attached hydrogens (tertiary/aromatic N) is 1. The summed E-state index contributed by atoms with van der Waals surface area (Å²) in [5, 5.41) is 77.0. The van der Waals surface area contributed by atoms with Gasteiger partial charge in [-0.25, -0.2) is 0 Å². The zero-order chi connectivity index (χ0) is 33.6. The summed E-state index contributed by atoms with van der Waals surface area (Å²) in [6.45, 7) is 0.141. The molecule has 1 amide bonds. The SMILES string of the molecule is CN[C@@H]1[C@@H](O)[C@@H](O[C@@H]2[C@@H](O)[C@H](O[C@H]3O[C@H](CN=C(N)CO)CC[C@H]3N)[C@@H](N)C[C@H]2NC(=O)[C@@H](O)[C@@H](N)[C@@H](O)CO)OC[C@]1(C)O. The quantitative estimate of drug-likeness (QED) is 0.0648. The number of hydrogen-bond donors (Lipinski definition) is 13. The highest BCUT2D eigenvalue weighted by Gasteiger charge is 2.52. The second kappa shape index (κ2) is 16.4. The van der Waals surface area contributed by atoms with Gasteiger partial charge in [0.25, 0.3) is 5.91 Å². The van der Waals surface area contributed by atoms with Crippen LogP contribution in [0.15, 0.2) is 4.99 Å². The van der Waals surface area contributed by atoms with Gasteiger partial charge in [0.2, 0.25) is 0 Å². The maximum atomic E-state index is 12.9. The molecule has 3 fully saturated rings. The minimum atomic E-state index is -1.96. The predicted molar refractivity (Wildman–Crippen MR) is 156 cm³/mol. The molecule has 0 aromatic heterocycles. The first kappa shape index (κ1) is 37.8. The van der Waals surface area contributed by atoms with E-state index in [1.807, 2.05) is 0 Å². The molecule has 15 atom stereocenters. The van der Waals surface area contributed by atoms with Crippen molar-refractivity contribution in [2.45, 2.75) is 117 Å². The number of nitrogens with one attached hydrogen (secondary N) is 2. The second-order valence-corrected chi connectivity index (χ2v) is 12.1. The average Bonchev–Trinajstić information content (AvgIpc) is 3.00. The minimum Gasteiger partial charge on any atom is -0.394 e. The number of carbonyl (C=O) groups is 1. The van der Waals surface area contributed by atoms with E-state index in [0.717, 1.165) is 0 Å². The van der Waals surface area contributed by atoms with Crippen LogP contribution in [-0.4, -0.2) is 172 Å². The van der Waals surface area contributed by atoms with E-state index in [4.69, 9.17) is 52.1 Å². The van der Waals surface area contributed by atoms with Crippen LogP contribution >= 0.6 is 0 Å². The molecule has 0 aromatic carbocycles. The van der Waals surface area contributed by atoms with Gasteiger partial charge in [0.05, 0.1) is 56.1 Å². The van der Waals surface area contributed by atoms with E-state index in [-0.39, 0.29) is 25.4 Å². The number of aliphatic hydroxyl groups is 7.